The zero-order valence-electron chi connectivity index (χ0n) is 14.3. The van der Waals surface area contributed by atoms with Crippen LogP contribution < -0.4 is 5.32 Å². The number of nitrogens with zero attached hydrogens (tertiary/aromatic N) is 2. The first-order chi connectivity index (χ1) is 11.3. The number of hydrogen-bond acceptors (Lipinski definition) is 5. The SMILES string of the molecule is CNCCC1CCN(C(=O)Cc2coc(-c3cccs3)n2)CC1.Cl.Cl. The van der Waals surface area contributed by atoms with E-state index in [9.17, 15) is 4.79 Å². The Hall–Kier alpha value is -1.08. The lowest BCUT2D eigenvalue weighted by Crippen LogP contribution is -2.39. The largest absolute Gasteiger partial charge is 0.444 e. The van der Waals surface area contributed by atoms with Gasteiger partial charge in [-0.05, 0) is 50.2 Å². The number of nitrogens with one attached hydrogen (secondary N) is 1. The van der Waals surface area contributed by atoms with Crippen LogP contribution >= 0.6 is 36.2 Å². The van der Waals surface area contributed by atoms with Gasteiger partial charge in [-0.15, -0.1) is 36.2 Å². The van der Waals surface area contributed by atoms with Crippen molar-refractivity contribution in [1.82, 2.24) is 15.2 Å². The molecule has 5 nitrogen and oxygen atoms in total. The smallest absolute Gasteiger partial charge is 0.236 e. The van der Waals surface area contributed by atoms with Gasteiger partial charge in [0.2, 0.25) is 11.8 Å². The van der Waals surface area contributed by atoms with E-state index in [0.29, 0.717) is 12.3 Å². The first-order valence-corrected chi connectivity index (χ1v) is 9.05. The Labute approximate surface area is 165 Å². The summed E-state index contributed by atoms with van der Waals surface area (Å²) in [5.74, 6) is 1.50. The molecule has 0 bridgehead atoms. The zero-order valence-corrected chi connectivity index (χ0v) is 16.7. The number of aromatic nitrogens is 1. The fourth-order valence-electron chi connectivity index (χ4n) is 2.99. The second kappa shape index (κ2) is 10.8. The van der Waals surface area contributed by atoms with Crippen LogP contribution in [0.5, 0.6) is 0 Å². The van der Waals surface area contributed by atoms with Gasteiger partial charge in [-0.25, -0.2) is 4.98 Å². The topological polar surface area (TPSA) is 58.4 Å². The number of carbonyl (C=O) groups is 1. The standard InChI is InChI=1S/C17H23N3O2S.2ClH/c1-18-7-4-13-5-8-20(9-6-13)16(21)11-14-12-22-17(19-14)15-3-2-10-23-15;;/h2-3,10,12-13,18H,4-9,11H2,1H3;2*1H. The minimum atomic E-state index is 0. The van der Waals surface area contributed by atoms with Crippen LogP contribution in [0.4, 0.5) is 0 Å². The summed E-state index contributed by atoms with van der Waals surface area (Å²) in [6.45, 7) is 2.79. The molecule has 1 saturated heterocycles. The van der Waals surface area contributed by atoms with Gasteiger partial charge in [0.15, 0.2) is 0 Å². The third-order valence-electron chi connectivity index (χ3n) is 4.39. The highest BCUT2D eigenvalue weighted by Gasteiger charge is 2.23. The molecule has 0 aromatic carbocycles. The van der Waals surface area contributed by atoms with Crippen molar-refractivity contribution in [2.24, 2.45) is 5.92 Å². The Kier molecular flexibility index (Phi) is 9.50. The van der Waals surface area contributed by atoms with Crippen LogP contribution in [0.3, 0.4) is 0 Å². The van der Waals surface area contributed by atoms with Crippen LogP contribution in [0.25, 0.3) is 10.8 Å². The predicted molar refractivity (Wildman–Crippen MR) is 106 cm³/mol. The fourth-order valence-corrected chi connectivity index (χ4v) is 3.64. The first kappa shape index (κ1) is 22.0. The van der Waals surface area contributed by atoms with Gasteiger partial charge in [-0.2, -0.15) is 0 Å². The van der Waals surface area contributed by atoms with E-state index in [-0.39, 0.29) is 30.7 Å². The maximum absolute atomic E-state index is 12.4. The number of rotatable bonds is 6. The fraction of sp³-hybridized carbons (Fsp3) is 0.529. The highest BCUT2D eigenvalue weighted by atomic mass is 35.5. The highest BCUT2D eigenvalue weighted by molar-refractivity contribution is 7.13. The first-order valence-electron chi connectivity index (χ1n) is 8.17. The average Bonchev–Trinajstić information content (AvgIpc) is 3.24. The molecule has 0 atom stereocenters. The number of hydrogen-bond donors (Lipinski definition) is 1. The Morgan fingerprint density at radius 1 is 1.40 bits per heavy atom. The molecule has 0 saturated carbocycles. The normalized spacial score (nSPS) is 14.7. The quantitative estimate of drug-likeness (QED) is 0.796. The van der Waals surface area contributed by atoms with Crippen LogP contribution in [0.1, 0.15) is 25.0 Å². The lowest BCUT2D eigenvalue weighted by Gasteiger charge is -2.32. The molecule has 1 amide bonds. The maximum Gasteiger partial charge on any atom is 0.236 e. The summed E-state index contributed by atoms with van der Waals surface area (Å²) in [5, 5.41) is 5.19. The molecule has 3 rings (SSSR count). The summed E-state index contributed by atoms with van der Waals surface area (Å²) in [6, 6.07) is 3.94. The minimum absolute atomic E-state index is 0. The molecule has 0 spiro atoms. The molecular weight excluding hydrogens is 381 g/mol. The van der Waals surface area contributed by atoms with Gasteiger partial charge in [0, 0.05) is 13.1 Å². The van der Waals surface area contributed by atoms with Crippen molar-refractivity contribution in [3.8, 4) is 10.8 Å². The van der Waals surface area contributed by atoms with Gasteiger partial charge in [0.25, 0.3) is 0 Å². The summed E-state index contributed by atoms with van der Waals surface area (Å²) < 4.78 is 5.48. The summed E-state index contributed by atoms with van der Waals surface area (Å²) >= 11 is 1.59. The number of carbonyl (C=O) groups excluding carboxylic acids is 1. The van der Waals surface area contributed by atoms with Crippen molar-refractivity contribution in [2.45, 2.75) is 25.7 Å². The molecule has 140 valence electrons. The van der Waals surface area contributed by atoms with Crippen LogP contribution in [-0.4, -0.2) is 42.5 Å². The number of amides is 1. The van der Waals surface area contributed by atoms with Gasteiger partial charge in [0.05, 0.1) is 17.0 Å². The van der Waals surface area contributed by atoms with Crippen molar-refractivity contribution in [1.29, 1.82) is 0 Å². The van der Waals surface area contributed by atoms with E-state index in [4.69, 9.17) is 4.42 Å². The van der Waals surface area contributed by atoms with E-state index in [1.54, 1.807) is 17.6 Å². The summed E-state index contributed by atoms with van der Waals surface area (Å²) in [4.78, 5) is 19.8. The number of likely N-dealkylation sites (tertiary alicyclic amines) is 1. The van der Waals surface area contributed by atoms with Crippen molar-refractivity contribution < 1.29 is 9.21 Å². The van der Waals surface area contributed by atoms with Gasteiger partial charge in [0.1, 0.15) is 6.26 Å². The Morgan fingerprint density at radius 2 is 2.16 bits per heavy atom. The third kappa shape index (κ3) is 5.99. The Bertz CT molecular complexity index is 626. The van der Waals surface area contributed by atoms with E-state index in [1.165, 1.54) is 6.42 Å². The molecular formula is C17H25Cl2N3O2S. The van der Waals surface area contributed by atoms with Crippen LogP contribution in [0.2, 0.25) is 0 Å². The highest BCUT2D eigenvalue weighted by Crippen LogP contribution is 2.24. The van der Waals surface area contributed by atoms with Gasteiger partial charge in [-0.1, -0.05) is 6.07 Å². The molecule has 8 heteroatoms. The second-order valence-electron chi connectivity index (χ2n) is 6.01. The van der Waals surface area contributed by atoms with Crippen LogP contribution in [0, 0.1) is 5.92 Å². The lowest BCUT2D eigenvalue weighted by molar-refractivity contribution is -0.131. The lowest BCUT2D eigenvalue weighted by atomic mass is 9.93. The van der Waals surface area contributed by atoms with Crippen molar-refractivity contribution in [3.63, 3.8) is 0 Å². The molecule has 1 aliphatic heterocycles. The number of thiophene rings is 1. The molecule has 1 N–H and O–H groups in total. The number of piperidine rings is 1. The average molecular weight is 406 g/mol. The van der Waals surface area contributed by atoms with E-state index in [0.717, 1.165) is 49.0 Å². The Morgan fingerprint density at radius 3 is 2.80 bits per heavy atom. The molecule has 2 aromatic rings. The molecule has 3 heterocycles. The molecule has 0 unspecified atom stereocenters. The van der Waals surface area contributed by atoms with Crippen molar-refractivity contribution in [2.75, 3.05) is 26.7 Å². The van der Waals surface area contributed by atoms with E-state index in [1.807, 2.05) is 29.5 Å². The number of halogens is 2. The van der Waals surface area contributed by atoms with Gasteiger partial charge in [-0.3, -0.25) is 4.79 Å². The molecule has 25 heavy (non-hydrogen) atoms. The summed E-state index contributed by atoms with van der Waals surface area (Å²) in [7, 11) is 1.99. The van der Waals surface area contributed by atoms with Crippen LogP contribution in [0.15, 0.2) is 28.2 Å². The summed E-state index contributed by atoms with van der Waals surface area (Å²) in [5.41, 5.74) is 0.718. The molecule has 1 aliphatic rings. The number of oxazole rings is 1. The molecule has 0 aliphatic carbocycles. The van der Waals surface area contributed by atoms with Crippen LogP contribution in [-0.2, 0) is 11.2 Å². The molecule has 1 fully saturated rings. The van der Waals surface area contributed by atoms with Gasteiger partial charge < -0.3 is 14.6 Å². The third-order valence-corrected chi connectivity index (χ3v) is 5.24. The maximum atomic E-state index is 12.4. The Balaban J connectivity index is 0.00000156. The van der Waals surface area contributed by atoms with Gasteiger partial charge >= 0.3 is 0 Å². The van der Waals surface area contributed by atoms with E-state index < -0.39 is 0 Å². The second-order valence-corrected chi connectivity index (χ2v) is 6.96. The summed E-state index contributed by atoms with van der Waals surface area (Å²) in [6.07, 6.45) is 5.34. The zero-order chi connectivity index (χ0) is 16.1. The monoisotopic (exact) mass is 405 g/mol. The van der Waals surface area contributed by atoms with Crippen molar-refractivity contribution >= 4 is 42.1 Å². The van der Waals surface area contributed by atoms with E-state index >= 15 is 0 Å². The molecule has 2 aromatic heterocycles. The molecule has 0 radical (unpaired) electrons. The van der Waals surface area contributed by atoms with E-state index in [2.05, 4.69) is 10.3 Å². The minimum Gasteiger partial charge on any atom is -0.444 e. The van der Waals surface area contributed by atoms with Crippen molar-refractivity contribution in [3.05, 3.63) is 29.5 Å². The predicted octanol–water partition coefficient (Wildman–Crippen LogP) is 3.64.